The molecule has 0 spiro atoms. The van der Waals surface area contributed by atoms with Crippen molar-refractivity contribution >= 4 is 22.8 Å². The van der Waals surface area contributed by atoms with E-state index in [1.165, 1.54) is 23.9 Å². The number of nitrogen functional groups attached to an aromatic ring is 1. The Morgan fingerprint density at radius 3 is 2.72 bits per heavy atom. The quantitative estimate of drug-likeness (QED) is 0.724. The normalized spacial score (nSPS) is 16.9. The highest BCUT2D eigenvalue weighted by molar-refractivity contribution is 5.89. The number of fused-ring (bicyclic) bond motifs is 3. The van der Waals surface area contributed by atoms with Crippen molar-refractivity contribution in [2.45, 2.75) is 71.3 Å². The van der Waals surface area contributed by atoms with E-state index in [1.807, 2.05) is 4.90 Å². The number of unbranched alkanes of at least 4 members (excludes halogenated alkanes) is 1. The molecule has 1 amide bonds. The summed E-state index contributed by atoms with van der Waals surface area (Å²) in [5.41, 5.74) is 10.9. The van der Waals surface area contributed by atoms with Gasteiger partial charge >= 0.3 is 0 Å². The van der Waals surface area contributed by atoms with Crippen LogP contribution >= 0.6 is 0 Å². The Labute approximate surface area is 172 Å². The molecular weight excluding hydrogens is 366 g/mol. The van der Waals surface area contributed by atoms with Crippen LogP contribution in [-0.4, -0.2) is 51.6 Å². The Kier molecular flexibility index (Phi) is 6.33. The van der Waals surface area contributed by atoms with Crippen molar-refractivity contribution in [3.05, 3.63) is 17.1 Å². The number of anilines is 1. The van der Waals surface area contributed by atoms with E-state index in [9.17, 15) is 4.79 Å². The van der Waals surface area contributed by atoms with Gasteiger partial charge in [0.2, 0.25) is 5.91 Å². The zero-order valence-corrected chi connectivity index (χ0v) is 17.6. The van der Waals surface area contributed by atoms with Crippen molar-refractivity contribution in [1.82, 2.24) is 19.4 Å². The highest BCUT2D eigenvalue weighted by Gasteiger charge is 2.22. The maximum atomic E-state index is 12.4. The number of carbonyl (C=O) groups is 1. The Morgan fingerprint density at radius 2 is 1.93 bits per heavy atom. The van der Waals surface area contributed by atoms with Crippen LogP contribution in [0.1, 0.15) is 62.5 Å². The number of amides is 1. The number of nitrogens with zero attached hydrogens (tertiary/aromatic N) is 4. The van der Waals surface area contributed by atoms with Gasteiger partial charge in [-0.2, -0.15) is 0 Å². The van der Waals surface area contributed by atoms with E-state index in [0.29, 0.717) is 25.5 Å². The van der Waals surface area contributed by atoms with Gasteiger partial charge in [0.05, 0.1) is 18.7 Å². The number of ether oxygens (including phenoxy) is 1. The first-order valence-corrected chi connectivity index (χ1v) is 11.2. The predicted molar refractivity (Wildman–Crippen MR) is 114 cm³/mol. The van der Waals surface area contributed by atoms with Gasteiger partial charge in [0.1, 0.15) is 11.3 Å². The fraction of sp³-hybridized carbons (Fsp3) is 0.682. The second kappa shape index (κ2) is 9.11. The van der Waals surface area contributed by atoms with Crippen LogP contribution in [0.2, 0.25) is 0 Å². The van der Waals surface area contributed by atoms with Crippen LogP contribution in [0.3, 0.4) is 0 Å². The number of hydrogen-bond acceptors (Lipinski definition) is 5. The SMILES string of the molecule is CCCc1nc2c(N)nc3c(c2n1CCCCC(=O)N1CCOCC1)CCCC3. The number of morpholine rings is 1. The summed E-state index contributed by atoms with van der Waals surface area (Å²) in [7, 11) is 0. The standard InChI is InChI=1S/C22H33N5O2/c1-2-7-18-25-20-21(16-8-3-4-9-17(16)24-22(20)23)27(18)11-6-5-10-19(28)26-12-14-29-15-13-26/h2-15H2,1H3,(H2,23,24). The molecule has 0 aromatic carbocycles. The summed E-state index contributed by atoms with van der Waals surface area (Å²) < 4.78 is 7.71. The molecule has 29 heavy (non-hydrogen) atoms. The molecule has 7 heteroatoms. The van der Waals surface area contributed by atoms with Gasteiger partial charge < -0.3 is 19.9 Å². The second-order valence-corrected chi connectivity index (χ2v) is 8.21. The third-order valence-electron chi connectivity index (χ3n) is 6.13. The number of carbonyl (C=O) groups excluding carboxylic acids is 1. The molecule has 0 bridgehead atoms. The zero-order valence-electron chi connectivity index (χ0n) is 17.6. The number of aryl methyl sites for hydroxylation is 4. The van der Waals surface area contributed by atoms with Gasteiger partial charge in [-0.3, -0.25) is 4.79 Å². The Morgan fingerprint density at radius 1 is 1.14 bits per heavy atom. The zero-order chi connectivity index (χ0) is 20.2. The molecule has 7 nitrogen and oxygen atoms in total. The topological polar surface area (TPSA) is 86.3 Å². The fourth-order valence-corrected chi connectivity index (χ4v) is 4.62. The summed E-state index contributed by atoms with van der Waals surface area (Å²) in [6, 6.07) is 0. The Hall–Kier alpha value is -2.15. The summed E-state index contributed by atoms with van der Waals surface area (Å²) in [6.07, 6.45) is 8.92. The molecule has 0 radical (unpaired) electrons. The lowest BCUT2D eigenvalue weighted by Crippen LogP contribution is -2.40. The molecule has 1 aliphatic heterocycles. The van der Waals surface area contributed by atoms with E-state index >= 15 is 0 Å². The molecule has 2 aromatic rings. The third-order valence-corrected chi connectivity index (χ3v) is 6.13. The van der Waals surface area contributed by atoms with Crippen molar-refractivity contribution in [3.8, 4) is 0 Å². The van der Waals surface area contributed by atoms with Gasteiger partial charge in [0.15, 0.2) is 5.82 Å². The van der Waals surface area contributed by atoms with Crippen LogP contribution < -0.4 is 5.73 Å². The maximum Gasteiger partial charge on any atom is 0.222 e. The van der Waals surface area contributed by atoms with Gasteiger partial charge in [0.25, 0.3) is 0 Å². The van der Waals surface area contributed by atoms with Gasteiger partial charge in [0, 0.05) is 38.2 Å². The van der Waals surface area contributed by atoms with Crippen molar-refractivity contribution in [1.29, 1.82) is 0 Å². The summed E-state index contributed by atoms with van der Waals surface area (Å²) in [6.45, 7) is 5.84. The molecule has 2 N–H and O–H groups in total. The van der Waals surface area contributed by atoms with Crippen LogP contribution in [-0.2, 0) is 35.3 Å². The first-order chi connectivity index (χ1) is 14.2. The minimum Gasteiger partial charge on any atom is -0.382 e. The number of nitrogens with two attached hydrogens (primary N) is 1. The van der Waals surface area contributed by atoms with Gasteiger partial charge in [-0.1, -0.05) is 6.92 Å². The van der Waals surface area contributed by atoms with Gasteiger partial charge in [-0.25, -0.2) is 9.97 Å². The molecule has 0 unspecified atom stereocenters. The highest BCUT2D eigenvalue weighted by atomic mass is 16.5. The molecule has 2 aliphatic rings. The molecule has 0 atom stereocenters. The van der Waals surface area contributed by atoms with Gasteiger partial charge in [-0.15, -0.1) is 0 Å². The summed E-state index contributed by atoms with van der Waals surface area (Å²) in [5.74, 6) is 1.93. The Balaban J connectivity index is 1.50. The Bertz CT molecular complexity index is 870. The minimum atomic E-state index is 0.253. The number of pyridine rings is 1. The molecule has 0 saturated carbocycles. The minimum absolute atomic E-state index is 0.253. The molecule has 158 valence electrons. The number of aromatic nitrogens is 3. The number of imidazole rings is 1. The summed E-state index contributed by atoms with van der Waals surface area (Å²) >= 11 is 0. The highest BCUT2D eigenvalue weighted by Crippen LogP contribution is 2.32. The first-order valence-electron chi connectivity index (χ1n) is 11.2. The van der Waals surface area contributed by atoms with E-state index < -0.39 is 0 Å². The van der Waals surface area contributed by atoms with E-state index in [-0.39, 0.29) is 5.91 Å². The molecule has 1 aliphatic carbocycles. The van der Waals surface area contributed by atoms with Crippen LogP contribution in [0.15, 0.2) is 0 Å². The van der Waals surface area contributed by atoms with Gasteiger partial charge in [-0.05, 0) is 50.5 Å². The molecular formula is C22H33N5O2. The van der Waals surface area contributed by atoms with Crippen molar-refractivity contribution in [3.63, 3.8) is 0 Å². The fourth-order valence-electron chi connectivity index (χ4n) is 4.62. The molecule has 3 heterocycles. The van der Waals surface area contributed by atoms with E-state index in [2.05, 4.69) is 16.5 Å². The van der Waals surface area contributed by atoms with Crippen molar-refractivity contribution < 1.29 is 9.53 Å². The van der Waals surface area contributed by atoms with Crippen LogP contribution in [0, 0.1) is 0 Å². The van der Waals surface area contributed by atoms with Crippen LogP contribution in [0.5, 0.6) is 0 Å². The largest absolute Gasteiger partial charge is 0.382 e. The van der Waals surface area contributed by atoms with E-state index in [0.717, 1.165) is 75.2 Å². The average Bonchev–Trinajstić information content (AvgIpc) is 3.11. The van der Waals surface area contributed by atoms with Crippen LogP contribution in [0.4, 0.5) is 5.82 Å². The van der Waals surface area contributed by atoms with E-state index in [1.54, 1.807) is 0 Å². The number of rotatable bonds is 7. The smallest absolute Gasteiger partial charge is 0.222 e. The lowest BCUT2D eigenvalue weighted by atomic mass is 9.95. The first kappa shape index (κ1) is 20.1. The second-order valence-electron chi connectivity index (χ2n) is 8.21. The number of hydrogen-bond donors (Lipinski definition) is 1. The van der Waals surface area contributed by atoms with E-state index in [4.69, 9.17) is 15.5 Å². The lowest BCUT2D eigenvalue weighted by molar-refractivity contribution is -0.135. The summed E-state index contributed by atoms with van der Waals surface area (Å²) in [4.78, 5) is 23.9. The maximum absolute atomic E-state index is 12.4. The average molecular weight is 400 g/mol. The third kappa shape index (κ3) is 4.25. The predicted octanol–water partition coefficient (Wildman–Crippen LogP) is 2.87. The summed E-state index contributed by atoms with van der Waals surface area (Å²) in [5, 5.41) is 0. The molecule has 4 rings (SSSR count). The molecule has 1 saturated heterocycles. The monoisotopic (exact) mass is 399 g/mol. The lowest BCUT2D eigenvalue weighted by Gasteiger charge is -2.26. The van der Waals surface area contributed by atoms with Crippen molar-refractivity contribution in [2.75, 3.05) is 32.0 Å². The molecule has 1 fully saturated rings. The van der Waals surface area contributed by atoms with Crippen molar-refractivity contribution in [2.24, 2.45) is 0 Å². The van der Waals surface area contributed by atoms with Crippen LogP contribution in [0.25, 0.3) is 11.0 Å². The molecule has 2 aromatic heterocycles.